The molecule has 4 aromatic rings. The Bertz CT molecular complexity index is 1320. The number of nitrogens with zero attached hydrogens (tertiary/aromatic N) is 3. The summed E-state index contributed by atoms with van der Waals surface area (Å²) in [7, 11) is 1.48. The van der Waals surface area contributed by atoms with Gasteiger partial charge in [-0.25, -0.2) is 9.97 Å². The lowest BCUT2D eigenvalue weighted by Crippen LogP contribution is -2.19. The number of hydrogen-bond acceptors (Lipinski definition) is 4. The monoisotopic (exact) mass is 397 g/mol. The molecule has 0 aliphatic heterocycles. The van der Waals surface area contributed by atoms with Crippen molar-refractivity contribution < 1.29 is 9.18 Å². The molecule has 2 N–H and O–H groups in total. The number of H-pyrrole nitrogens is 1. The number of likely N-dealkylation sites (N-methyl/N-ethyl adjacent to an activating group) is 1. The van der Waals surface area contributed by atoms with Crippen LogP contribution in [-0.4, -0.2) is 27.9 Å². The van der Waals surface area contributed by atoms with E-state index in [0.29, 0.717) is 5.65 Å². The van der Waals surface area contributed by atoms with E-state index < -0.39 is 11.9 Å². The number of nitriles is 1. The highest BCUT2D eigenvalue weighted by molar-refractivity contribution is 6.01. The van der Waals surface area contributed by atoms with E-state index in [2.05, 4.69) is 20.3 Å². The number of amides is 1. The molecule has 0 saturated carbocycles. The molecule has 0 saturated heterocycles. The van der Waals surface area contributed by atoms with Crippen LogP contribution in [0.5, 0.6) is 0 Å². The molecule has 0 aliphatic rings. The molecule has 1 aromatic carbocycles. The van der Waals surface area contributed by atoms with Gasteiger partial charge in [0.25, 0.3) is 5.91 Å². The molecule has 7 heteroatoms. The van der Waals surface area contributed by atoms with Crippen molar-refractivity contribution >= 4 is 23.0 Å². The minimum atomic E-state index is -0.532. The first-order chi connectivity index (χ1) is 14.6. The second-order valence-corrected chi connectivity index (χ2v) is 6.57. The van der Waals surface area contributed by atoms with Crippen molar-refractivity contribution in [2.45, 2.75) is 0 Å². The molecule has 0 unspecified atom stereocenters. The number of aromatic nitrogens is 3. The maximum atomic E-state index is 13.2. The number of carbonyl (C=O) groups is 1. The van der Waals surface area contributed by atoms with Crippen molar-refractivity contribution in [2.24, 2.45) is 0 Å². The third kappa shape index (κ3) is 3.66. The number of rotatable bonds is 4. The molecule has 0 radical (unpaired) electrons. The van der Waals surface area contributed by atoms with Gasteiger partial charge in [0.15, 0.2) is 0 Å². The molecule has 0 bridgehead atoms. The van der Waals surface area contributed by atoms with Crippen LogP contribution in [0.2, 0.25) is 0 Å². The van der Waals surface area contributed by atoms with E-state index in [9.17, 15) is 14.4 Å². The smallest absolute Gasteiger partial charge is 0.261 e. The van der Waals surface area contributed by atoms with Gasteiger partial charge in [-0.15, -0.1) is 0 Å². The lowest BCUT2D eigenvalue weighted by Gasteiger charge is -2.05. The Labute approximate surface area is 171 Å². The molecule has 146 valence electrons. The summed E-state index contributed by atoms with van der Waals surface area (Å²) in [5, 5.41) is 12.5. The van der Waals surface area contributed by atoms with Crippen molar-refractivity contribution in [1.82, 2.24) is 20.3 Å². The van der Waals surface area contributed by atoms with E-state index in [0.717, 1.165) is 33.2 Å². The van der Waals surface area contributed by atoms with E-state index >= 15 is 0 Å². The van der Waals surface area contributed by atoms with Gasteiger partial charge in [0.05, 0.1) is 0 Å². The van der Waals surface area contributed by atoms with Gasteiger partial charge >= 0.3 is 0 Å². The van der Waals surface area contributed by atoms with Gasteiger partial charge < -0.3 is 10.3 Å². The summed E-state index contributed by atoms with van der Waals surface area (Å²) < 4.78 is 13.2. The Balaban J connectivity index is 1.76. The van der Waals surface area contributed by atoms with Gasteiger partial charge in [-0.05, 0) is 41.5 Å². The number of aromatic amines is 1. The third-order valence-electron chi connectivity index (χ3n) is 4.69. The Kier molecular flexibility index (Phi) is 5.06. The summed E-state index contributed by atoms with van der Waals surface area (Å²) in [6, 6.07) is 14.4. The van der Waals surface area contributed by atoms with Crippen molar-refractivity contribution in [1.29, 1.82) is 5.26 Å². The van der Waals surface area contributed by atoms with Crippen LogP contribution in [0.15, 0.2) is 66.6 Å². The second-order valence-electron chi connectivity index (χ2n) is 6.57. The molecule has 1 amide bonds. The van der Waals surface area contributed by atoms with Gasteiger partial charge in [0.1, 0.15) is 17.3 Å². The van der Waals surface area contributed by atoms with Crippen LogP contribution < -0.4 is 5.32 Å². The number of halogens is 1. The predicted octanol–water partition coefficient (Wildman–Crippen LogP) is 4.08. The van der Waals surface area contributed by atoms with Crippen molar-refractivity contribution in [3.05, 3.63) is 78.1 Å². The zero-order valence-corrected chi connectivity index (χ0v) is 16.0. The van der Waals surface area contributed by atoms with Crippen LogP contribution in [0.25, 0.3) is 39.4 Å². The Morgan fingerprint density at radius 1 is 1.13 bits per heavy atom. The summed E-state index contributed by atoms with van der Waals surface area (Å²) in [6.07, 6.45) is 6.59. The average molecular weight is 397 g/mol. The molecule has 0 aliphatic carbocycles. The van der Waals surface area contributed by atoms with Crippen molar-refractivity contribution in [3.63, 3.8) is 0 Å². The molecule has 4 rings (SSSR count). The lowest BCUT2D eigenvalue weighted by molar-refractivity contribution is -0.116. The summed E-state index contributed by atoms with van der Waals surface area (Å²) in [5.74, 6) is -0.966. The predicted molar refractivity (Wildman–Crippen MR) is 112 cm³/mol. The maximum absolute atomic E-state index is 13.2. The van der Waals surface area contributed by atoms with Crippen LogP contribution in [0.3, 0.4) is 0 Å². The van der Waals surface area contributed by atoms with E-state index in [4.69, 9.17) is 0 Å². The van der Waals surface area contributed by atoms with Crippen LogP contribution in [0.1, 0.15) is 5.56 Å². The van der Waals surface area contributed by atoms with Gasteiger partial charge in [-0.1, -0.05) is 18.2 Å². The molecule has 0 fully saturated rings. The van der Waals surface area contributed by atoms with Crippen LogP contribution >= 0.6 is 0 Å². The average Bonchev–Trinajstić information content (AvgIpc) is 3.21. The zero-order chi connectivity index (χ0) is 21.1. The minimum Gasteiger partial charge on any atom is -0.354 e. The fourth-order valence-corrected chi connectivity index (χ4v) is 3.19. The van der Waals surface area contributed by atoms with Crippen molar-refractivity contribution in [3.8, 4) is 28.3 Å². The van der Waals surface area contributed by atoms with Crippen LogP contribution in [0, 0.1) is 17.3 Å². The number of nitrogens with one attached hydrogen (secondary N) is 2. The first kappa shape index (κ1) is 19.0. The molecular weight excluding hydrogens is 381 g/mol. The molecule has 3 aromatic heterocycles. The normalized spacial score (nSPS) is 11.3. The molecule has 0 spiro atoms. The van der Waals surface area contributed by atoms with Gasteiger partial charge in [0.2, 0.25) is 5.95 Å². The van der Waals surface area contributed by atoms with E-state index in [1.807, 2.05) is 42.6 Å². The highest BCUT2D eigenvalue weighted by Gasteiger charge is 2.11. The molecular formula is C23H16FN5O. The summed E-state index contributed by atoms with van der Waals surface area (Å²) in [4.78, 5) is 23.1. The molecule has 0 atom stereocenters. The van der Waals surface area contributed by atoms with Gasteiger partial charge in [-0.3, -0.25) is 4.79 Å². The lowest BCUT2D eigenvalue weighted by atomic mass is 10.0. The van der Waals surface area contributed by atoms with Gasteiger partial charge in [0, 0.05) is 47.7 Å². The minimum absolute atomic E-state index is 0.0277. The van der Waals surface area contributed by atoms with Crippen LogP contribution in [-0.2, 0) is 4.79 Å². The van der Waals surface area contributed by atoms with Crippen molar-refractivity contribution in [2.75, 3.05) is 7.05 Å². The largest absolute Gasteiger partial charge is 0.354 e. The first-order valence-corrected chi connectivity index (χ1v) is 9.12. The molecule has 30 heavy (non-hydrogen) atoms. The van der Waals surface area contributed by atoms with E-state index in [1.54, 1.807) is 18.3 Å². The number of pyridine rings is 2. The molecule has 6 nitrogen and oxygen atoms in total. The van der Waals surface area contributed by atoms with E-state index in [-0.39, 0.29) is 5.57 Å². The highest BCUT2D eigenvalue weighted by Crippen LogP contribution is 2.31. The topological polar surface area (TPSA) is 94.5 Å². The Morgan fingerprint density at radius 2 is 1.97 bits per heavy atom. The quantitative estimate of drug-likeness (QED) is 0.308. The van der Waals surface area contributed by atoms with Crippen LogP contribution in [0.4, 0.5) is 4.39 Å². The Hall–Kier alpha value is -4.31. The Morgan fingerprint density at radius 3 is 2.70 bits per heavy atom. The SMILES string of the molecule is CNC(=O)/C(C#N)=C/c1cccc(-c2cnc3[nH]cc(-c4ccc(F)nc4)c3c2)c1. The summed E-state index contributed by atoms with van der Waals surface area (Å²) >= 11 is 0. The first-order valence-electron chi connectivity index (χ1n) is 9.12. The summed E-state index contributed by atoms with van der Waals surface area (Å²) in [6.45, 7) is 0. The third-order valence-corrected chi connectivity index (χ3v) is 4.69. The second kappa shape index (κ2) is 7.97. The fraction of sp³-hybridized carbons (Fsp3) is 0.0435. The number of benzene rings is 1. The summed E-state index contributed by atoms with van der Waals surface area (Å²) in [5.41, 5.74) is 4.87. The van der Waals surface area contributed by atoms with E-state index in [1.165, 1.54) is 19.3 Å². The number of carbonyl (C=O) groups excluding carboxylic acids is 1. The molecule has 3 heterocycles. The maximum Gasteiger partial charge on any atom is 0.261 e. The number of hydrogen-bond donors (Lipinski definition) is 2. The fourth-order valence-electron chi connectivity index (χ4n) is 3.19. The standard InChI is InChI=1S/C23H16FN5O/c1-26-23(30)17(10-25)8-14-3-2-4-15(7-14)18-9-19-20(13-29-22(19)28-12-18)16-5-6-21(24)27-11-16/h2-9,11-13H,1H3,(H,26,30)(H,28,29)/b17-8+. The van der Waals surface area contributed by atoms with Gasteiger partial charge in [-0.2, -0.15) is 9.65 Å². The number of fused-ring (bicyclic) bond motifs is 1. The zero-order valence-electron chi connectivity index (χ0n) is 16.0. The highest BCUT2D eigenvalue weighted by atomic mass is 19.1.